The zero-order chi connectivity index (χ0) is 37.9. The van der Waals surface area contributed by atoms with Gasteiger partial charge < -0.3 is 8.83 Å². The Hall–Kier alpha value is -7.68. The molecule has 0 fully saturated rings. The Labute approximate surface area is 332 Å². The Balaban J connectivity index is 0.971. The monoisotopic (exact) mass is 736 g/mol. The van der Waals surface area contributed by atoms with Crippen LogP contribution in [0.5, 0.6) is 0 Å². The summed E-state index contributed by atoms with van der Waals surface area (Å²) in [5.41, 5.74) is 10.7. The minimum absolute atomic E-state index is 0.799. The van der Waals surface area contributed by atoms with E-state index in [1.807, 2.05) is 12.1 Å². The second-order valence-electron chi connectivity index (χ2n) is 15.5. The van der Waals surface area contributed by atoms with Gasteiger partial charge in [-0.1, -0.05) is 164 Å². The quantitative estimate of drug-likeness (QED) is 0.169. The summed E-state index contributed by atoms with van der Waals surface area (Å²) in [6.07, 6.45) is 0. The van der Waals surface area contributed by atoms with Crippen LogP contribution in [0.25, 0.3) is 131 Å². The van der Waals surface area contributed by atoms with Gasteiger partial charge in [-0.3, -0.25) is 0 Å². The third-order valence-electron chi connectivity index (χ3n) is 12.4. The number of furan rings is 2. The molecule has 11 aromatic carbocycles. The number of benzene rings is 11. The van der Waals surface area contributed by atoms with Crippen LogP contribution < -0.4 is 0 Å². The standard InChI is InChI=1S/C56H32O2/c1-2-14-39-33(12-1)13-11-22-40(39)52-43-17-5-3-15-41(43)51(42-16-4-6-18-44(42)52)38-27-26-34-30-35(24-25-36(34)31-38)37-28-29-50-48(32-37)54-46-20-8-7-19-45(46)53-47-21-9-10-23-49(47)57-55(53)56(54)58-50/h1-32H. The molecule has 2 heteroatoms. The van der Waals surface area contributed by atoms with E-state index >= 15 is 0 Å². The molecular formula is C56H32O2. The van der Waals surface area contributed by atoms with E-state index < -0.39 is 0 Å². The van der Waals surface area contributed by atoms with Crippen LogP contribution in [0.3, 0.4) is 0 Å². The van der Waals surface area contributed by atoms with Crippen LogP contribution >= 0.6 is 0 Å². The highest BCUT2D eigenvalue weighted by atomic mass is 16.4. The molecule has 0 bridgehead atoms. The van der Waals surface area contributed by atoms with Gasteiger partial charge in [0.05, 0.1) is 0 Å². The van der Waals surface area contributed by atoms with E-state index in [0.717, 1.165) is 49.4 Å². The van der Waals surface area contributed by atoms with Crippen LogP contribution in [0.2, 0.25) is 0 Å². The zero-order valence-electron chi connectivity index (χ0n) is 31.3. The van der Waals surface area contributed by atoms with Gasteiger partial charge in [-0.2, -0.15) is 0 Å². The SMILES string of the molecule is c1ccc2c(-c3c4ccccc4c(-c4ccc5cc(-c6ccc7oc8c9oc%10ccccc%10c9c9ccccc9c8c7c6)ccc5c4)c4ccccc34)cccc2c1. The Morgan fingerprint density at radius 2 is 0.724 bits per heavy atom. The second kappa shape index (κ2) is 11.9. The molecule has 0 saturated heterocycles. The first-order chi connectivity index (χ1) is 28.8. The summed E-state index contributed by atoms with van der Waals surface area (Å²) in [6, 6.07) is 70.5. The molecular weight excluding hydrogens is 705 g/mol. The average molecular weight is 737 g/mol. The molecule has 0 aliphatic carbocycles. The first-order valence-corrected chi connectivity index (χ1v) is 19.9. The van der Waals surface area contributed by atoms with Gasteiger partial charge in [0, 0.05) is 21.5 Å². The van der Waals surface area contributed by atoms with Crippen molar-refractivity contribution >= 4 is 97.7 Å². The molecule has 0 unspecified atom stereocenters. The summed E-state index contributed by atoms with van der Waals surface area (Å²) < 4.78 is 13.1. The molecule has 0 spiro atoms. The molecule has 58 heavy (non-hydrogen) atoms. The number of hydrogen-bond acceptors (Lipinski definition) is 2. The summed E-state index contributed by atoms with van der Waals surface area (Å²) in [4.78, 5) is 0. The normalized spacial score (nSPS) is 12.1. The number of fused-ring (bicyclic) bond motifs is 14. The van der Waals surface area contributed by atoms with E-state index in [1.165, 1.54) is 81.7 Å². The van der Waals surface area contributed by atoms with Crippen molar-refractivity contribution in [2.45, 2.75) is 0 Å². The largest absolute Gasteiger partial charge is 0.452 e. The molecule has 0 aliphatic heterocycles. The van der Waals surface area contributed by atoms with Crippen molar-refractivity contribution in [3.8, 4) is 33.4 Å². The molecule has 13 aromatic rings. The average Bonchev–Trinajstić information content (AvgIpc) is 3.87. The fourth-order valence-electron chi connectivity index (χ4n) is 9.85. The van der Waals surface area contributed by atoms with Gasteiger partial charge >= 0.3 is 0 Å². The topological polar surface area (TPSA) is 26.3 Å². The summed E-state index contributed by atoms with van der Waals surface area (Å²) in [7, 11) is 0. The predicted octanol–water partition coefficient (Wildman–Crippen LogP) is 16.3. The highest BCUT2D eigenvalue weighted by Gasteiger charge is 2.22. The van der Waals surface area contributed by atoms with Crippen LogP contribution in [-0.2, 0) is 0 Å². The van der Waals surface area contributed by atoms with Crippen molar-refractivity contribution in [3.63, 3.8) is 0 Å². The lowest BCUT2D eigenvalue weighted by Crippen LogP contribution is -1.91. The summed E-state index contributed by atoms with van der Waals surface area (Å²) >= 11 is 0. The lowest BCUT2D eigenvalue weighted by atomic mass is 9.84. The Morgan fingerprint density at radius 3 is 1.41 bits per heavy atom. The van der Waals surface area contributed by atoms with Gasteiger partial charge in [0.2, 0.25) is 0 Å². The van der Waals surface area contributed by atoms with Gasteiger partial charge in [0.15, 0.2) is 11.2 Å². The number of para-hydroxylation sites is 1. The Morgan fingerprint density at radius 1 is 0.259 bits per heavy atom. The Bertz CT molecular complexity index is 3800. The number of hydrogen-bond donors (Lipinski definition) is 0. The summed E-state index contributed by atoms with van der Waals surface area (Å²) in [5.74, 6) is 0. The van der Waals surface area contributed by atoms with Gasteiger partial charge in [-0.05, 0) is 118 Å². The third kappa shape index (κ3) is 4.43. The number of rotatable bonds is 3. The van der Waals surface area contributed by atoms with Crippen molar-refractivity contribution < 1.29 is 8.83 Å². The van der Waals surface area contributed by atoms with E-state index in [-0.39, 0.29) is 0 Å². The zero-order valence-corrected chi connectivity index (χ0v) is 31.3. The van der Waals surface area contributed by atoms with E-state index in [4.69, 9.17) is 8.83 Å². The minimum Gasteiger partial charge on any atom is -0.452 e. The molecule has 0 atom stereocenters. The molecule has 0 amide bonds. The van der Waals surface area contributed by atoms with Crippen molar-refractivity contribution in [3.05, 3.63) is 194 Å². The lowest BCUT2D eigenvalue weighted by molar-refractivity contribution is 0.633. The van der Waals surface area contributed by atoms with Gasteiger partial charge in [-0.15, -0.1) is 0 Å². The van der Waals surface area contributed by atoms with E-state index in [2.05, 4.69) is 182 Å². The third-order valence-corrected chi connectivity index (χ3v) is 12.4. The maximum Gasteiger partial charge on any atom is 0.179 e. The van der Waals surface area contributed by atoms with Crippen molar-refractivity contribution in [1.29, 1.82) is 0 Å². The molecule has 268 valence electrons. The lowest BCUT2D eigenvalue weighted by Gasteiger charge is -2.19. The molecule has 13 rings (SSSR count). The fraction of sp³-hybridized carbons (Fsp3) is 0. The molecule has 0 N–H and O–H groups in total. The Kier molecular flexibility index (Phi) is 6.47. The van der Waals surface area contributed by atoms with Crippen molar-refractivity contribution in [2.24, 2.45) is 0 Å². The van der Waals surface area contributed by atoms with Crippen molar-refractivity contribution in [2.75, 3.05) is 0 Å². The van der Waals surface area contributed by atoms with E-state index in [0.29, 0.717) is 0 Å². The van der Waals surface area contributed by atoms with E-state index in [1.54, 1.807) is 0 Å². The predicted molar refractivity (Wildman–Crippen MR) is 245 cm³/mol. The molecule has 2 nitrogen and oxygen atoms in total. The van der Waals surface area contributed by atoms with Crippen LogP contribution in [0.1, 0.15) is 0 Å². The minimum atomic E-state index is 0.799. The maximum atomic E-state index is 6.64. The van der Waals surface area contributed by atoms with Crippen molar-refractivity contribution in [1.82, 2.24) is 0 Å². The van der Waals surface area contributed by atoms with Gasteiger partial charge in [-0.25, -0.2) is 0 Å². The molecule has 2 heterocycles. The van der Waals surface area contributed by atoms with Crippen LogP contribution in [-0.4, -0.2) is 0 Å². The summed E-state index contributed by atoms with van der Waals surface area (Å²) in [5, 5.41) is 16.7. The van der Waals surface area contributed by atoms with E-state index in [9.17, 15) is 0 Å². The van der Waals surface area contributed by atoms with Gasteiger partial charge in [0.1, 0.15) is 11.2 Å². The highest BCUT2D eigenvalue weighted by Crippen LogP contribution is 2.47. The molecule has 2 aromatic heterocycles. The second-order valence-corrected chi connectivity index (χ2v) is 15.5. The molecule has 0 aliphatic rings. The first-order valence-electron chi connectivity index (χ1n) is 19.9. The fourth-order valence-corrected chi connectivity index (χ4v) is 9.85. The summed E-state index contributed by atoms with van der Waals surface area (Å²) in [6.45, 7) is 0. The van der Waals surface area contributed by atoms with Crippen LogP contribution in [0.4, 0.5) is 0 Å². The smallest absolute Gasteiger partial charge is 0.179 e. The van der Waals surface area contributed by atoms with Crippen LogP contribution in [0.15, 0.2) is 203 Å². The maximum absolute atomic E-state index is 6.64. The van der Waals surface area contributed by atoms with Crippen LogP contribution in [0, 0.1) is 0 Å². The molecule has 0 radical (unpaired) electrons. The first kappa shape index (κ1) is 31.5. The highest BCUT2D eigenvalue weighted by molar-refractivity contribution is 6.33. The molecule has 0 saturated carbocycles. The van der Waals surface area contributed by atoms with Gasteiger partial charge in [0.25, 0.3) is 0 Å².